The van der Waals surface area contributed by atoms with Gasteiger partial charge >= 0.3 is 0 Å². The van der Waals surface area contributed by atoms with Crippen molar-refractivity contribution in [2.75, 3.05) is 34.3 Å². The van der Waals surface area contributed by atoms with Gasteiger partial charge in [0.2, 0.25) is 0 Å². The van der Waals surface area contributed by atoms with E-state index in [2.05, 4.69) is 26.9 Å². The molecule has 0 saturated heterocycles. The third-order valence-corrected chi connectivity index (χ3v) is 0.158. The van der Waals surface area contributed by atoms with Crippen molar-refractivity contribution >= 4 is 0 Å². The first kappa shape index (κ1) is 22.4. The maximum absolute atomic E-state index is 7.81. The van der Waals surface area contributed by atoms with Crippen molar-refractivity contribution < 1.29 is 40.6 Å². The number of rotatable bonds is 1. The molecule has 0 heterocycles. The number of hydrogen-bond acceptors (Lipinski definition) is 1. The minimum Gasteiger partial charge on any atom is -1.00 e. The molecule has 68 valence electrons. The van der Waals surface area contributed by atoms with Crippen LogP contribution >= 0.6 is 0 Å². The molecule has 0 atom stereocenters. The predicted molar refractivity (Wildman–Crippen MR) is 33.6 cm³/mol. The zero-order valence-corrected chi connectivity index (χ0v) is 8.34. The van der Waals surface area contributed by atoms with Crippen molar-refractivity contribution in [1.82, 2.24) is 0 Å². The van der Waals surface area contributed by atoms with Crippen molar-refractivity contribution in [2.45, 2.75) is 0 Å². The maximum Gasteiger partial charge on any atom is 0.0974 e. The van der Waals surface area contributed by atoms with Crippen LogP contribution in [0.5, 0.6) is 0 Å². The molecule has 0 unspecified atom stereocenters. The highest BCUT2D eigenvalue weighted by Crippen LogP contribution is 1.28. The molecule has 0 amide bonds. The highest BCUT2D eigenvalue weighted by atomic mass is 35.5. The second-order valence-electron chi connectivity index (χ2n) is 2.08. The van der Waals surface area contributed by atoms with Gasteiger partial charge in [-0.05, 0) is 0 Å². The summed E-state index contributed by atoms with van der Waals surface area (Å²) in [6.07, 6.45) is 0. The lowest BCUT2D eigenvalue weighted by molar-refractivity contribution is -0.836. The van der Waals surface area contributed by atoms with Gasteiger partial charge < -0.3 is 40.6 Å². The molecule has 3 nitrogen and oxygen atoms in total. The smallest absolute Gasteiger partial charge is 0.0974 e. The molecule has 0 aromatic carbocycles. The van der Waals surface area contributed by atoms with E-state index in [1.807, 2.05) is 0 Å². The summed E-state index contributed by atoms with van der Waals surface area (Å²) in [6.45, 7) is 0.833. The van der Waals surface area contributed by atoms with Crippen LogP contribution in [0.4, 0.5) is 0 Å². The van der Waals surface area contributed by atoms with Gasteiger partial charge in [0, 0.05) is 0 Å². The Morgan fingerprint density at radius 2 is 1.30 bits per heavy atom. The highest BCUT2D eigenvalue weighted by molar-refractivity contribution is 4.03. The van der Waals surface area contributed by atoms with E-state index in [-0.39, 0.29) is 31.4 Å². The molecular weight excluding hydrogens is 175 g/mol. The molecule has 0 aliphatic rings. The van der Waals surface area contributed by atoms with Gasteiger partial charge in [-0.3, -0.25) is 0 Å². The molecule has 0 aromatic heterocycles. The van der Waals surface area contributed by atoms with Crippen LogP contribution in [0.2, 0.25) is 0 Å². The number of quaternary nitrogens is 2. The van der Waals surface area contributed by atoms with Crippen LogP contribution < -0.4 is 35.4 Å². The topological polar surface area (TPSA) is 52.3 Å². The molecule has 0 saturated carbocycles. The van der Waals surface area contributed by atoms with E-state index in [1.54, 1.807) is 0 Å². The lowest BCUT2D eigenvalue weighted by atomic mass is 10.8. The van der Waals surface area contributed by atoms with Gasteiger partial charge in [0.25, 0.3) is 0 Å². The second kappa shape index (κ2) is 22.7. The normalized spacial score (nSPS) is 6.60. The summed E-state index contributed by atoms with van der Waals surface area (Å²) in [4.78, 5) is 1.42. The first-order chi connectivity index (χ1) is 3.65. The molecule has 5 N–H and O–H groups in total. The monoisotopic (exact) mass is 192 g/mol. The number of aliphatic hydroxyl groups excluding tert-OH is 1. The molecule has 0 rings (SSSR count). The minimum absolute atomic E-state index is 0. The molecular formula is C5H18Cl2N2O. The molecule has 5 heteroatoms. The first-order valence-electron chi connectivity index (χ1n) is 2.82. The van der Waals surface area contributed by atoms with Crippen LogP contribution in [0, 0.1) is 0 Å². The Balaban J connectivity index is -0.0000000300. The molecule has 0 aromatic rings. The molecule has 0 aliphatic carbocycles. The number of nitrogens with one attached hydrogen (secondary N) is 1. The Morgan fingerprint density at radius 1 is 1.20 bits per heavy atom. The van der Waals surface area contributed by atoms with E-state index >= 15 is 0 Å². The Labute approximate surface area is 75.4 Å². The van der Waals surface area contributed by atoms with Crippen molar-refractivity contribution in [3.63, 3.8) is 0 Å². The summed E-state index contributed by atoms with van der Waals surface area (Å²) < 4.78 is 0. The summed E-state index contributed by atoms with van der Waals surface area (Å²) in [6, 6.07) is 0. The zero-order chi connectivity index (χ0) is 6.99. The molecule has 10 heavy (non-hydrogen) atoms. The summed E-state index contributed by atoms with van der Waals surface area (Å²) in [5, 5.41) is 7.81. The van der Waals surface area contributed by atoms with Gasteiger partial charge in [0.1, 0.15) is 0 Å². The lowest BCUT2D eigenvalue weighted by Crippen LogP contribution is -3.02. The van der Waals surface area contributed by atoms with Crippen molar-refractivity contribution in [2.24, 2.45) is 0 Å². The Bertz CT molecular complexity index is 34.1. The van der Waals surface area contributed by atoms with Gasteiger partial charge in [-0.15, -0.1) is 0 Å². The Kier molecular flexibility index (Phi) is 50.9. The fourth-order valence-corrected chi connectivity index (χ4v) is 0. The molecule has 0 aliphatic heterocycles. The lowest BCUT2D eigenvalue weighted by Gasteiger charge is -1.88. The minimum atomic E-state index is 0. The van der Waals surface area contributed by atoms with Gasteiger partial charge in [-0.1, -0.05) is 0 Å². The zero-order valence-electron chi connectivity index (χ0n) is 6.82. The van der Waals surface area contributed by atoms with E-state index < -0.39 is 0 Å². The fourth-order valence-electron chi connectivity index (χ4n) is 0. The predicted octanol–water partition coefficient (Wildman–Crippen LogP) is -9.01. The first-order valence-corrected chi connectivity index (χ1v) is 2.82. The third-order valence-electron chi connectivity index (χ3n) is 0.158. The molecule has 0 radical (unpaired) electrons. The Hall–Kier alpha value is 0.460. The largest absolute Gasteiger partial charge is 1.00 e. The highest BCUT2D eigenvalue weighted by Gasteiger charge is 1.61. The fraction of sp³-hybridized carbons (Fsp3) is 1.00. The van der Waals surface area contributed by atoms with Crippen LogP contribution in [0.1, 0.15) is 0 Å². The van der Waals surface area contributed by atoms with Gasteiger partial charge in [-0.2, -0.15) is 0 Å². The van der Waals surface area contributed by atoms with Crippen LogP contribution in [0.25, 0.3) is 0 Å². The van der Waals surface area contributed by atoms with Gasteiger partial charge in [0.05, 0.1) is 34.3 Å². The van der Waals surface area contributed by atoms with Crippen molar-refractivity contribution in [3.05, 3.63) is 0 Å². The number of halogens is 2. The average molecular weight is 193 g/mol. The van der Waals surface area contributed by atoms with Gasteiger partial charge in [0.15, 0.2) is 0 Å². The van der Waals surface area contributed by atoms with Crippen LogP contribution in [-0.2, 0) is 0 Å². The molecule has 0 fully saturated rings. The quantitative estimate of drug-likeness (QED) is 0.380. The Morgan fingerprint density at radius 3 is 1.30 bits per heavy atom. The van der Waals surface area contributed by atoms with E-state index in [9.17, 15) is 0 Å². The van der Waals surface area contributed by atoms with Crippen LogP contribution in [0.3, 0.4) is 0 Å². The molecule has 0 bridgehead atoms. The summed E-state index contributed by atoms with van der Waals surface area (Å²) in [5.74, 6) is 0. The summed E-state index contributed by atoms with van der Waals surface area (Å²) in [7, 11) is 6.25. The SMILES string of the molecule is C[NH+](C)C.[Cl-].[Cl-].[NH3+]CCO. The van der Waals surface area contributed by atoms with Crippen molar-refractivity contribution in [1.29, 1.82) is 0 Å². The van der Waals surface area contributed by atoms with E-state index in [0.29, 0.717) is 6.54 Å². The van der Waals surface area contributed by atoms with Gasteiger partial charge in [-0.25, -0.2) is 0 Å². The van der Waals surface area contributed by atoms with E-state index in [0.717, 1.165) is 0 Å². The number of hydrogen-bond donors (Lipinski definition) is 3. The average Bonchev–Trinajstić information content (AvgIpc) is 1.65. The molecule has 0 spiro atoms. The van der Waals surface area contributed by atoms with Crippen molar-refractivity contribution in [3.8, 4) is 0 Å². The maximum atomic E-state index is 7.81. The standard InChI is InChI=1S/C3H9N.C2H7NO.2ClH/c1-4(2)3;3-1-2-4;;/h1-3H3;4H,1-3H2;2*1H. The number of aliphatic hydroxyl groups is 1. The third kappa shape index (κ3) is 221. The van der Waals surface area contributed by atoms with E-state index in [1.165, 1.54) is 4.90 Å². The summed E-state index contributed by atoms with van der Waals surface area (Å²) in [5.41, 5.74) is 3.35. The van der Waals surface area contributed by atoms with E-state index in [4.69, 9.17) is 5.11 Å². The van der Waals surface area contributed by atoms with Crippen LogP contribution in [0.15, 0.2) is 0 Å². The summed E-state index contributed by atoms with van der Waals surface area (Å²) >= 11 is 0. The van der Waals surface area contributed by atoms with Crippen LogP contribution in [-0.4, -0.2) is 39.4 Å². The second-order valence-corrected chi connectivity index (χ2v) is 2.08.